The van der Waals surface area contributed by atoms with Gasteiger partial charge in [-0.3, -0.25) is 4.98 Å². The van der Waals surface area contributed by atoms with E-state index in [-0.39, 0.29) is 0 Å². The molecule has 0 spiro atoms. The molecule has 3 heteroatoms. The van der Waals surface area contributed by atoms with Gasteiger partial charge in [0.1, 0.15) is 15.7 Å². The van der Waals surface area contributed by atoms with Crippen LogP contribution in [-0.2, 0) is 0 Å². The van der Waals surface area contributed by atoms with Gasteiger partial charge in [-0.2, -0.15) is 0 Å². The maximum Gasteiger partial charge on any atom is 0.117 e. The van der Waals surface area contributed by atoms with E-state index in [0.29, 0.717) is 16.8 Å². The predicted octanol–water partition coefficient (Wildman–Crippen LogP) is 0.744. The molecule has 0 aliphatic carbocycles. The lowest BCUT2D eigenvalue weighted by atomic mass is 9.78. The van der Waals surface area contributed by atoms with Gasteiger partial charge < -0.3 is 0 Å². The molecule has 0 aromatic carbocycles. The van der Waals surface area contributed by atoms with E-state index in [0.717, 1.165) is 17.0 Å². The second kappa shape index (κ2) is 4.03. The average Bonchev–Trinajstić information content (AvgIpc) is 2.14. The van der Waals surface area contributed by atoms with Gasteiger partial charge in [-0.25, -0.2) is 0 Å². The zero-order valence-electron chi connectivity index (χ0n) is 8.96. The summed E-state index contributed by atoms with van der Waals surface area (Å²) in [5.74, 6) is 0.299. The molecule has 0 aliphatic rings. The van der Waals surface area contributed by atoms with Gasteiger partial charge in [0.25, 0.3) is 0 Å². The van der Waals surface area contributed by atoms with Crippen molar-refractivity contribution >= 4 is 32.7 Å². The summed E-state index contributed by atoms with van der Waals surface area (Å²) in [6.45, 7) is 9.70. The summed E-state index contributed by atoms with van der Waals surface area (Å²) in [6.07, 6.45) is 1.66. The van der Waals surface area contributed by atoms with Crippen LogP contribution in [0.25, 0.3) is 6.08 Å². The lowest BCUT2D eigenvalue weighted by molar-refractivity contribution is 0.828. The summed E-state index contributed by atoms with van der Waals surface area (Å²) >= 11 is 0. The summed E-state index contributed by atoms with van der Waals surface area (Å²) in [5.41, 5.74) is 3.84. The van der Waals surface area contributed by atoms with Gasteiger partial charge in [-0.1, -0.05) is 36.9 Å². The third kappa shape index (κ3) is 1.77. The Balaban J connectivity index is 3.48. The maximum atomic E-state index is 5.93. The highest BCUT2D eigenvalue weighted by Crippen LogP contribution is 2.10. The summed E-state index contributed by atoms with van der Waals surface area (Å²) in [6, 6.07) is 0. The van der Waals surface area contributed by atoms with Crippen molar-refractivity contribution in [2.24, 2.45) is 0 Å². The molecule has 0 fully saturated rings. The second-order valence-electron chi connectivity index (χ2n) is 3.69. The first-order chi connectivity index (χ1) is 6.49. The van der Waals surface area contributed by atoms with E-state index in [4.69, 9.17) is 15.7 Å². The van der Waals surface area contributed by atoms with Crippen molar-refractivity contribution in [1.29, 1.82) is 0 Å². The molecule has 1 rings (SSSR count). The van der Waals surface area contributed by atoms with Crippen LogP contribution in [0.5, 0.6) is 0 Å². The van der Waals surface area contributed by atoms with Crippen molar-refractivity contribution in [3.63, 3.8) is 0 Å². The lowest BCUT2D eigenvalue weighted by Crippen LogP contribution is -2.29. The van der Waals surface area contributed by atoms with E-state index in [9.17, 15) is 0 Å². The first kappa shape index (κ1) is 11.1. The first-order valence-corrected chi connectivity index (χ1v) is 4.66. The van der Waals surface area contributed by atoms with Crippen LogP contribution < -0.4 is 10.9 Å². The molecule has 1 heterocycles. The third-order valence-electron chi connectivity index (χ3n) is 2.34. The Kier molecular flexibility index (Phi) is 3.20. The minimum Gasteiger partial charge on any atom is -0.254 e. The number of aromatic nitrogens is 1. The highest BCUT2D eigenvalue weighted by molar-refractivity contribution is 6.41. The van der Waals surface area contributed by atoms with E-state index in [1.54, 1.807) is 6.08 Å². The summed E-state index contributed by atoms with van der Waals surface area (Å²) in [5, 5.41) is 0. The van der Waals surface area contributed by atoms with Gasteiger partial charge >= 0.3 is 0 Å². The van der Waals surface area contributed by atoms with Gasteiger partial charge in [0.05, 0.1) is 5.69 Å². The van der Waals surface area contributed by atoms with Crippen molar-refractivity contribution < 1.29 is 0 Å². The topological polar surface area (TPSA) is 12.9 Å². The lowest BCUT2D eigenvalue weighted by Gasteiger charge is -2.16. The van der Waals surface area contributed by atoms with Crippen molar-refractivity contribution in [3.05, 3.63) is 23.5 Å². The highest BCUT2D eigenvalue weighted by Gasteiger charge is 2.10. The molecule has 1 aromatic heterocycles. The Morgan fingerprint density at radius 2 is 1.86 bits per heavy atom. The minimum atomic E-state index is 0.299. The summed E-state index contributed by atoms with van der Waals surface area (Å²) < 4.78 is 0. The number of rotatable bonds is 2. The molecule has 0 amide bonds. The molecule has 0 atom stereocenters. The second-order valence-corrected chi connectivity index (χ2v) is 3.69. The van der Waals surface area contributed by atoms with Gasteiger partial charge in [-0.15, -0.1) is 0 Å². The van der Waals surface area contributed by atoms with Crippen LogP contribution in [0.2, 0.25) is 0 Å². The standard InChI is InChI=1S/C11H13B2N/c1-5-8-9(12)7(4)10(13)11(14-8)6(2)3/h5-6H,1H2,2-4H3. The molecule has 0 unspecified atom stereocenters. The quantitative estimate of drug-likeness (QED) is 0.613. The molecule has 4 radical (unpaired) electrons. The van der Waals surface area contributed by atoms with Gasteiger partial charge in [0.15, 0.2) is 0 Å². The average molecular weight is 181 g/mol. The number of hydrogen-bond donors (Lipinski definition) is 0. The SMILES string of the molecule is [B]c1c(C=C)nc(C(C)C)c([B])c1C. The maximum absolute atomic E-state index is 5.93. The molecule has 1 nitrogen and oxygen atoms in total. The monoisotopic (exact) mass is 181 g/mol. The highest BCUT2D eigenvalue weighted by atomic mass is 14.7. The minimum absolute atomic E-state index is 0.299. The van der Waals surface area contributed by atoms with E-state index in [1.807, 2.05) is 6.92 Å². The van der Waals surface area contributed by atoms with Gasteiger partial charge in [0, 0.05) is 5.69 Å². The third-order valence-corrected chi connectivity index (χ3v) is 2.34. The molecule has 68 valence electrons. The molecule has 0 saturated heterocycles. The van der Waals surface area contributed by atoms with Crippen LogP contribution >= 0.6 is 0 Å². The van der Waals surface area contributed by atoms with E-state index in [1.165, 1.54) is 0 Å². The van der Waals surface area contributed by atoms with Crippen LogP contribution in [0.3, 0.4) is 0 Å². The molecular weight excluding hydrogens is 168 g/mol. The van der Waals surface area contributed by atoms with Crippen molar-refractivity contribution in [3.8, 4) is 0 Å². The van der Waals surface area contributed by atoms with Crippen LogP contribution in [0.4, 0.5) is 0 Å². The fourth-order valence-corrected chi connectivity index (χ4v) is 1.38. The van der Waals surface area contributed by atoms with Gasteiger partial charge in [-0.05, 0) is 18.9 Å². The number of pyridine rings is 1. The number of nitrogens with zero attached hydrogens (tertiary/aromatic N) is 1. The molecule has 0 N–H and O–H groups in total. The molecule has 0 aliphatic heterocycles. The fraction of sp³-hybridized carbons (Fsp3) is 0.364. The normalized spacial score (nSPS) is 10.6. The zero-order valence-corrected chi connectivity index (χ0v) is 8.96. The van der Waals surface area contributed by atoms with E-state index in [2.05, 4.69) is 25.4 Å². The molecular formula is C11H13B2N. The Labute approximate surface area is 88.5 Å². The van der Waals surface area contributed by atoms with Crippen LogP contribution in [0.1, 0.15) is 36.7 Å². The molecule has 0 bridgehead atoms. The van der Waals surface area contributed by atoms with E-state index >= 15 is 0 Å². The van der Waals surface area contributed by atoms with Crippen LogP contribution in [0.15, 0.2) is 6.58 Å². The molecule has 14 heavy (non-hydrogen) atoms. The van der Waals surface area contributed by atoms with E-state index < -0.39 is 0 Å². The van der Waals surface area contributed by atoms with Crippen molar-refractivity contribution in [1.82, 2.24) is 4.98 Å². The molecule has 1 aromatic rings. The Hall–Kier alpha value is -0.980. The molecule has 0 saturated carbocycles. The van der Waals surface area contributed by atoms with Gasteiger partial charge in [0.2, 0.25) is 0 Å². The first-order valence-electron chi connectivity index (χ1n) is 4.66. The number of hydrogen-bond acceptors (Lipinski definition) is 1. The van der Waals surface area contributed by atoms with Crippen molar-refractivity contribution in [2.45, 2.75) is 26.7 Å². The Morgan fingerprint density at radius 1 is 1.29 bits per heavy atom. The fourth-order valence-electron chi connectivity index (χ4n) is 1.38. The Bertz CT molecular complexity index is 370. The smallest absolute Gasteiger partial charge is 0.117 e. The largest absolute Gasteiger partial charge is 0.254 e. The van der Waals surface area contributed by atoms with Crippen LogP contribution in [-0.4, -0.2) is 20.7 Å². The van der Waals surface area contributed by atoms with Crippen LogP contribution in [0, 0.1) is 6.92 Å². The summed E-state index contributed by atoms with van der Waals surface area (Å²) in [7, 11) is 11.8. The Morgan fingerprint density at radius 3 is 2.29 bits per heavy atom. The zero-order chi connectivity index (χ0) is 10.9. The van der Waals surface area contributed by atoms with Crippen molar-refractivity contribution in [2.75, 3.05) is 0 Å². The summed E-state index contributed by atoms with van der Waals surface area (Å²) in [4.78, 5) is 4.38. The predicted molar refractivity (Wildman–Crippen MR) is 63.9 cm³/mol.